The second-order valence-corrected chi connectivity index (χ2v) is 8.20. The molecule has 1 aliphatic carbocycles. The number of methoxy groups -OCH3 is 1. The van der Waals surface area contributed by atoms with Gasteiger partial charge in [-0.25, -0.2) is 4.79 Å². The lowest BCUT2D eigenvalue weighted by atomic mass is 10.1. The second kappa shape index (κ2) is 7.23. The van der Waals surface area contributed by atoms with Crippen molar-refractivity contribution in [3.8, 4) is 5.75 Å². The summed E-state index contributed by atoms with van der Waals surface area (Å²) in [6.45, 7) is 2.71. The van der Waals surface area contributed by atoms with E-state index in [1.165, 1.54) is 11.3 Å². The molecule has 2 fully saturated rings. The van der Waals surface area contributed by atoms with Crippen molar-refractivity contribution in [3.63, 3.8) is 0 Å². The van der Waals surface area contributed by atoms with Crippen molar-refractivity contribution in [3.05, 3.63) is 46.2 Å². The summed E-state index contributed by atoms with van der Waals surface area (Å²) >= 11 is 1.43. The maximum Gasteiger partial charge on any atom is 0.322 e. The van der Waals surface area contributed by atoms with Gasteiger partial charge in [-0.3, -0.25) is 4.79 Å². The molecule has 142 valence electrons. The molecule has 4 rings (SSSR count). The van der Waals surface area contributed by atoms with Crippen LogP contribution in [0.25, 0.3) is 0 Å². The molecule has 1 aliphatic heterocycles. The van der Waals surface area contributed by atoms with Crippen molar-refractivity contribution in [2.45, 2.75) is 31.8 Å². The minimum atomic E-state index is -0.138. The van der Waals surface area contributed by atoms with Crippen LogP contribution in [0.15, 0.2) is 35.7 Å². The van der Waals surface area contributed by atoms with Crippen LogP contribution in [-0.4, -0.2) is 42.6 Å². The van der Waals surface area contributed by atoms with Crippen molar-refractivity contribution in [1.29, 1.82) is 0 Å². The van der Waals surface area contributed by atoms with Gasteiger partial charge in [-0.2, -0.15) is 0 Å². The summed E-state index contributed by atoms with van der Waals surface area (Å²) in [6, 6.07) is 9.30. The predicted octanol–water partition coefficient (Wildman–Crippen LogP) is 3.49. The number of piperidine rings is 1. The van der Waals surface area contributed by atoms with Crippen molar-refractivity contribution in [2.75, 3.05) is 19.0 Å². The number of anilines is 1. The monoisotopic (exact) mass is 385 g/mol. The zero-order valence-corrected chi connectivity index (χ0v) is 16.2. The molecule has 2 aromatic rings. The largest absolute Gasteiger partial charge is 0.495 e. The summed E-state index contributed by atoms with van der Waals surface area (Å²) < 4.78 is 5.35. The predicted molar refractivity (Wildman–Crippen MR) is 106 cm³/mol. The summed E-state index contributed by atoms with van der Waals surface area (Å²) in [4.78, 5) is 27.8. The molecule has 2 bridgehead atoms. The highest BCUT2D eigenvalue weighted by Gasteiger charge is 2.47. The molecule has 6 nitrogen and oxygen atoms in total. The number of hydrogen-bond donors (Lipinski definition) is 2. The van der Waals surface area contributed by atoms with E-state index >= 15 is 0 Å². The standard InChI is InChI=1S/C20H23N3O3S/c1-12-5-6-17(26-2)15(8-12)22-20(25)23-11-13-9-14(16(23)10-13)21-19(24)18-4-3-7-27-18/h3-8,13-14,16H,9-11H2,1-2H3,(H,21,24)(H,22,25)/t13-,14+,16-/m1/s1. The molecule has 0 spiro atoms. The Bertz CT molecular complexity index is 852. The number of carbonyl (C=O) groups excluding carboxylic acids is 2. The van der Waals surface area contributed by atoms with Gasteiger partial charge in [0.25, 0.3) is 5.91 Å². The Morgan fingerprint density at radius 3 is 2.81 bits per heavy atom. The number of amides is 3. The van der Waals surface area contributed by atoms with Crippen LogP contribution >= 0.6 is 11.3 Å². The Morgan fingerprint density at radius 1 is 1.26 bits per heavy atom. The topological polar surface area (TPSA) is 70.7 Å². The summed E-state index contributed by atoms with van der Waals surface area (Å²) in [7, 11) is 1.59. The van der Waals surface area contributed by atoms with Gasteiger partial charge in [0.2, 0.25) is 0 Å². The second-order valence-electron chi connectivity index (χ2n) is 7.25. The lowest BCUT2D eigenvalue weighted by Crippen LogP contribution is -2.52. The molecule has 3 amide bonds. The number of ether oxygens (including phenoxy) is 1. The first-order valence-corrected chi connectivity index (χ1v) is 9.99. The number of hydrogen-bond acceptors (Lipinski definition) is 4. The number of thiophene rings is 1. The summed E-state index contributed by atoms with van der Waals surface area (Å²) in [5.74, 6) is 1.03. The van der Waals surface area contributed by atoms with E-state index in [2.05, 4.69) is 10.6 Å². The Morgan fingerprint density at radius 2 is 2.11 bits per heavy atom. The number of nitrogens with zero attached hydrogens (tertiary/aromatic N) is 1. The molecule has 0 unspecified atom stereocenters. The van der Waals surface area contributed by atoms with Gasteiger partial charge in [-0.1, -0.05) is 12.1 Å². The zero-order chi connectivity index (χ0) is 19.0. The van der Waals surface area contributed by atoms with Crippen molar-refractivity contribution in [2.24, 2.45) is 5.92 Å². The van der Waals surface area contributed by atoms with Crippen LogP contribution in [0.1, 0.15) is 28.1 Å². The Kier molecular flexibility index (Phi) is 4.78. The van der Waals surface area contributed by atoms with Crippen molar-refractivity contribution < 1.29 is 14.3 Å². The van der Waals surface area contributed by atoms with Gasteiger partial charge < -0.3 is 20.3 Å². The first-order chi connectivity index (χ1) is 13.0. The van der Waals surface area contributed by atoms with Crippen LogP contribution in [0.4, 0.5) is 10.5 Å². The highest BCUT2D eigenvalue weighted by Crippen LogP contribution is 2.38. The third-order valence-corrected chi connectivity index (χ3v) is 6.27. The molecule has 1 saturated heterocycles. The summed E-state index contributed by atoms with van der Waals surface area (Å²) in [5, 5.41) is 7.99. The number of rotatable bonds is 4. The van der Waals surface area contributed by atoms with E-state index in [9.17, 15) is 9.59 Å². The van der Waals surface area contributed by atoms with E-state index in [4.69, 9.17) is 4.74 Å². The summed E-state index contributed by atoms with van der Waals surface area (Å²) in [6.07, 6.45) is 1.87. The van der Waals surface area contributed by atoms with Crippen molar-refractivity contribution in [1.82, 2.24) is 10.2 Å². The minimum absolute atomic E-state index is 0.00325. The molecule has 27 heavy (non-hydrogen) atoms. The Hall–Kier alpha value is -2.54. The van der Waals surface area contributed by atoms with Crippen LogP contribution in [0.5, 0.6) is 5.75 Å². The molecule has 1 saturated carbocycles. The van der Waals surface area contributed by atoms with Crippen LogP contribution in [-0.2, 0) is 0 Å². The normalized spacial score (nSPS) is 23.3. The molecule has 0 radical (unpaired) electrons. The van der Waals surface area contributed by atoms with Gasteiger partial charge in [0.1, 0.15) is 5.75 Å². The number of urea groups is 1. The third kappa shape index (κ3) is 3.51. The van der Waals surface area contributed by atoms with Crippen LogP contribution < -0.4 is 15.4 Å². The van der Waals surface area contributed by atoms with Gasteiger partial charge in [0.15, 0.2) is 0 Å². The van der Waals surface area contributed by atoms with Crippen LogP contribution in [0.2, 0.25) is 0 Å². The number of likely N-dealkylation sites (tertiary alicyclic amines) is 1. The summed E-state index contributed by atoms with van der Waals surface area (Å²) in [5.41, 5.74) is 1.72. The van der Waals surface area contributed by atoms with Crippen LogP contribution in [0.3, 0.4) is 0 Å². The fraction of sp³-hybridized carbons (Fsp3) is 0.400. The Labute approximate surface area is 162 Å². The van der Waals surface area contributed by atoms with E-state index < -0.39 is 0 Å². The number of benzene rings is 1. The first-order valence-electron chi connectivity index (χ1n) is 9.12. The molecule has 1 aromatic carbocycles. The maximum atomic E-state index is 12.9. The molecular formula is C20H23N3O3S. The number of carbonyl (C=O) groups is 2. The third-order valence-electron chi connectivity index (χ3n) is 5.40. The van der Waals surface area contributed by atoms with E-state index in [1.54, 1.807) is 7.11 Å². The highest BCUT2D eigenvalue weighted by atomic mass is 32.1. The van der Waals surface area contributed by atoms with Gasteiger partial charge >= 0.3 is 6.03 Å². The fourth-order valence-electron chi connectivity index (χ4n) is 4.17. The van der Waals surface area contributed by atoms with Gasteiger partial charge in [-0.05, 0) is 54.8 Å². The number of nitrogens with one attached hydrogen (secondary N) is 2. The molecule has 2 N–H and O–H groups in total. The Balaban J connectivity index is 1.44. The first kappa shape index (κ1) is 17.9. The lowest BCUT2D eigenvalue weighted by Gasteiger charge is -2.33. The number of fused-ring (bicyclic) bond motifs is 2. The van der Waals surface area contributed by atoms with Crippen LogP contribution in [0, 0.1) is 12.8 Å². The highest BCUT2D eigenvalue weighted by molar-refractivity contribution is 7.12. The lowest BCUT2D eigenvalue weighted by molar-refractivity contribution is 0.0910. The fourth-order valence-corrected chi connectivity index (χ4v) is 4.79. The van der Waals surface area contributed by atoms with E-state index in [1.807, 2.05) is 47.5 Å². The van der Waals surface area contributed by atoms with Gasteiger partial charge in [-0.15, -0.1) is 11.3 Å². The van der Waals surface area contributed by atoms with E-state index in [0.29, 0.717) is 22.2 Å². The SMILES string of the molecule is COc1ccc(C)cc1NC(=O)N1C[C@@H]2C[C@H](NC(=O)c3cccs3)[C@H]1C2. The number of aryl methyl sites for hydroxylation is 1. The van der Waals surface area contributed by atoms with Gasteiger partial charge in [0, 0.05) is 6.54 Å². The quantitative estimate of drug-likeness (QED) is 0.846. The smallest absolute Gasteiger partial charge is 0.322 e. The minimum Gasteiger partial charge on any atom is -0.495 e. The molecule has 1 aromatic heterocycles. The van der Waals surface area contributed by atoms with Crippen molar-refractivity contribution >= 4 is 29.0 Å². The van der Waals surface area contributed by atoms with E-state index in [-0.39, 0.29) is 24.0 Å². The average molecular weight is 385 g/mol. The molecular weight excluding hydrogens is 362 g/mol. The zero-order valence-electron chi connectivity index (χ0n) is 15.4. The molecule has 3 atom stereocenters. The van der Waals surface area contributed by atoms with Gasteiger partial charge in [0.05, 0.1) is 29.8 Å². The molecule has 2 aliphatic rings. The maximum absolute atomic E-state index is 12.9. The molecule has 7 heteroatoms. The molecule has 2 heterocycles. The average Bonchev–Trinajstić information content (AvgIpc) is 3.38. The van der Waals surface area contributed by atoms with E-state index in [0.717, 1.165) is 24.9 Å².